The molecule has 1 aliphatic rings. The average molecular weight is 315 g/mol. The molecule has 0 unspecified atom stereocenters. The highest BCUT2D eigenvalue weighted by Crippen LogP contribution is 2.33. The van der Waals surface area contributed by atoms with E-state index in [2.05, 4.69) is 17.2 Å². The van der Waals surface area contributed by atoms with Gasteiger partial charge in [-0.2, -0.15) is 0 Å². The maximum absolute atomic E-state index is 12.9. The molecule has 0 aliphatic carbocycles. The van der Waals surface area contributed by atoms with Crippen molar-refractivity contribution in [2.24, 2.45) is 0 Å². The molecule has 1 fully saturated rings. The number of urea groups is 1. The Balaban J connectivity index is 2.26. The standard InChI is InChI=1S/C17H21N3O3/c1-3-10-17(13-8-6-5-7-9-13)15(22)20(16(23)19-17)12-14(21)18-11-4-2/h4-9H,2-3,10-12H2,1H3,(H,18,21)(H,19,23)/t17-/m0/s1. The van der Waals surface area contributed by atoms with Gasteiger partial charge >= 0.3 is 6.03 Å². The van der Waals surface area contributed by atoms with Crippen molar-refractivity contribution in [1.29, 1.82) is 0 Å². The van der Waals surface area contributed by atoms with Gasteiger partial charge in [-0.3, -0.25) is 14.5 Å². The van der Waals surface area contributed by atoms with Gasteiger partial charge in [-0.1, -0.05) is 49.8 Å². The maximum atomic E-state index is 12.9. The van der Waals surface area contributed by atoms with Crippen LogP contribution in [0.25, 0.3) is 0 Å². The molecule has 6 nitrogen and oxygen atoms in total. The number of hydrogen-bond acceptors (Lipinski definition) is 3. The molecule has 1 aromatic carbocycles. The molecular weight excluding hydrogens is 294 g/mol. The van der Waals surface area contributed by atoms with Crippen LogP contribution in [0.15, 0.2) is 43.0 Å². The van der Waals surface area contributed by atoms with Crippen molar-refractivity contribution in [3.63, 3.8) is 0 Å². The number of nitrogens with one attached hydrogen (secondary N) is 2. The second kappa shape index (κ2) is 7.09. The minimum absolute atomic E-state index is 0.293. The summed E-state index contributed by atoms with van der Waals surface area (Å²) in [6.07, 6.45) is 2.74. The SMILES string of the molecule is C=CCNC(=O)CN1C(=O)N[C@@](CCC)(c2ccccc2)C1=O. The predicted octanol–water partition coefficient (Wildman–Crippen LogP) is 1.54. The molecule has 2 rings (SSSR count). The Morgan fingerprint density at radius 1 is 1.35 bits per heavy atom. The molecule has 1 aliphatic heterocycles. The Hall–Kier alpha value is -2.63. The summed E-state index contributed by atoms with van der Waals surface area (Å²) in [5, 5.41) is 5.35. The molecule has 0 bridgehead atoms. The topological polar surface area (TPSA) is 78.5 Å². The van der Waals surface area contributed by atoms with Gasteiger partial charge in [-0.05, 0) is 12.0 Å². The van der Waals surface area contributed by atoms with Crippen molar-refractivity contribution in [3.05, 3.63) is 48.6 Å². The average Bonchev–Trinajstić information content (AvgIpc) is 2.79. The smallest absolute Gasteiger partial charge is 0.325 e. The lowest BCUT2D eigenvalue weighted by Gasteiger charge is -2.26. The lowest BCUT2D eigenvalue weighted by molar-refractivity contribution is -0.135. The number of hydrogen-bond donors (Lipinski definition) is 2. The second-order valence-electron chi connectivity index (χ2n) is 5.44. The quantitative estimate of drug-likeness (QED) is 0.592. The van der Waals surface area contributed by atoms with Gasteiger partial charge in [0.15, 0.2) is 0 Å². The molecule has 0 radical (unpaired) electrons. The third-order valence-corrected chi connectivity index (χ3v) is 3.81. The third kappa shape index (κ3) is 3.26. The van der Waals surface area contributed by atoms with Crippen LogP contribution < -0.4 is 10.6 Å². The molecule has 1 atom stereocenters. The Bertz CT molecular complexity index is 615. The molecule has 6 heteroatoms. The van der Waals surface area contributed by atoms with Crippen LogP contribution in [0.5, 0.6) is 0 Å². The molecule has 0 spiro atoms. The zero-order valence-electron chi connectivity index (χ0n) is 13.2. The Kier molecular flexibility index (Phi) is 5.16. The minimum Gasteiger partial charge on any atom is -0.351 e. The first kappa shape index (κ1) is 16.7. The zero-order chi connectivity index (χ0) is 16.9. The fraction of sp³-hybridized carbons (Fsp3) is 0.353. The maximum Gasteiger partial charge on any atom is 0.325 e. The monoisotopic (exact) mass is 315 g/mol. The number of amides is 4. The summed E-state index contributed by atoms with van der Waals surface area (Å²) in [4.78, 5) is 37.9. The highest BCUT2D eigenvalue weighted by molar-refractivity contribution is 6.09. The van der Waals surface area contributed by atoms with E-state index in [1.54, 1.807) is 0 Å². The van der Waals surface area contributed by atoms with E-state index in [4.69, 9.17) is 0 Å². The molecule has 1 saturated heterocycles. The molecule has 0 saturated carbocycles. The van der Waals surface area contributed by atoms with Gasteiger partial charge in [0.1, 0.15) is 12.1 Å². The molecule has 1 heterocycles. The summed E-state index contributed by atoms with van der Waals surface area (Å²) in [6, 6.07) is 8.59. The molecule has 4 amide bonds. The number of nitrogens with zero attached hydrogens (tertiary/aromatic N) is 1. The number of carbonyl (C=O) groups excluding carboxylic acids is 3. The van der Waals surface area contributed by atoms with Crippen molar-refractivity contribution in [2.45, 2.75) is 25.3 Å². The van der Waals surface area contributed by atoms with Crippen molar-refractivity contribution in [1.82, 2.24) is 15.5 Å². The summed E-state index contributed by atoms with van der Waals surface area (Å²) in [5.74, 6) is -0.780. The zero-order valence-corrected chi connectivity index (χ0v) is 13.2. The molecule has 0 aromatic heterocycles. The van der Waals surface area contributed by atoms with Crippen LogP contribution in [0.2, 0.25) is 0 Å². The van der Waals surface area contributed by atoms with E-state index in [1.165, 1.54) is 6.08 Å². The molecule has 2 N–H and O–H groups in total. The number of benzene rings is 1. The predicted molar refractivity (Wildman–Crippen MR) is 86.5 cm³/mol. The van der Waals surface area contributed by atoms with Crippen LogP contribution in [0.1, 0.15) is 25.3 Å². The van der Waals surface area contributed by atoms with Crippen molar-refractivity contribution in [3.8, 4) is 0 Å². The van der Waals surface area contributed by atoms with Crippen LogP contribution in [-0.2, 0) is 15.1 Å². The Morgan fingerprint density at radius 2 is 2.04 bits per heavy atom. The van der Waals surface area contributed by atoms with E-state index >= 15 is 0 Å². The van der Waals surface area contributed by atoms with E-state index in [-0.39, 0.29) is 12.5 Å². The summed E-state index contributed by atoms with van der Waals surface area (Å²) >= 11 is 0. The number of imide groups is 1. The van der Waals surface area contributed by atoms with Crippen LogP contribution in [-0.4, -0.2) is 35.8 Å². The lowest BCUT2D eigenvalue weighted by Crippen LogP contribution is -2.45. The first-order chi connectivity index (χ1) is 11.0. The largest absolute Gasteiger partial charge is 0.351 e. The van der Waals surface area contributed by atoms with Gasteiger partial charge in [0.2, 0.25) is 5.91 Å². The number of carbonyl (C=O) groups is 3. The summed E-state index contributed by atoms with van der Waals surface area (Å²) in [7, 11) is 0. The van der Waals surface area contributed by atoms with Crippen molar-refractivity contribution >= 4 is 17.8 Å². The summed E-state index contributed by atoms with van der Waals surface area (Å²) in [5.41, 5.74) is -0.361. The fourth-order valence-corrected chi connectivity index (χ4v) is 2.76. The summed E-state index contributed by atoms with van der Waals surface area (Å²) in [6.45, 7) is 5.45. The minimum atomic E-state index is -1.09. The van der Waals surface area contributed by atoms with E-state index in [1.807, 2.05) is 37.3 Å². The Labute approximate surface area is 135 Å². The van der Waals surface area contributed by atoms with E-state index in [0.717, 1.165) is 16.9 Å². The van der Waals surface area contributed by atoms with E-state index in [9.17, 15) is 14.4 Å². The molecule has 23 heavy (non-hydrogen) atoms. The highest BCUT2D eigenvalue weighted by atomic mass is 16.2. The first-order valence-corrected chi connectivity index (χ1v) is 7.62. The molecular formula is C17H21N3O3. The highest BCUT2D eigenvalue weighted by Gasteiger charge is 2.51. The van der Waals surface area contributed by atoms with Gasteiger partial charge in [-0.15, -0.1) is 6.58 Å². The van der Waals surface area contributed by atoms with Crippen molar-refractivity contribution in [2.75, 3.05) is 13.1 Å². The van der Waals surface area contributed by atoms with Gasteiger partial charge < -0.3 is 10.6 Å². The number of rotatable bonds is 7. The second-order valence-corrected chi connectivity index (χ2v) is 5.44. The van der Waals surface area contributed by atoms with Crippen molar-refractivity contribution < 1.29 is 14.4 Å². The Morgan fingerprint density at radius 3 is 2.65 bits per heavy atom. The van der Waals surface area contributed by atoms with Gasteiger partial charge in [0.25, 0.3) is 5.91 Å². The normalized spacial score (nSPS) is 20.3. The fourth-order valence-electron chi connectivity index (χ4n) is 2.76. The van der Waals surface area contributed by atoms with Gasteiger partial charge in [-0.25, -0.2) is 4.79 Å². The third-order valence-electron chi connectivity index (χ3n) is 3.81. The van der Waals surface area contributed by atoms with Crippen LogP contribution >= 0.6 is 0 Å². The summed E-state index contributed by atoms with van der Waals surface area (Å²) < 4.78 is 0. The first-order valence-electron chi connectivity index (χ1n) is 7.62. The van der Waals surface area contributed by atoms with Crippen LogP contribution in [0, 0.1) is 0 Å². The molecule has 122 valence electrons. The van der Waals surface area contributed by atoms with E-state index < -0.39 is 17.5 Å². The molecule has 1 aromatic rings. The lowest BCUT2D eigenvalue weighted by atomic mass is 9.85. The van der Waals surface area contributed by atoms with Gasteiger partial charge in [0.05, 0.1) is 0 Å². The van der Waals surface area contributed by atoms with Gasteiger partial charge in [0, 0.05) is 6.54 Å². The van der Waals surface area contributed by atoms with Crippen LogP contribution in [0.4, 0.5) is 4.79 Å². The van der Waals surface area contributed by atoms with Crippen LogP contribution in [0.3, 0.4) is 0 Å². The van der Waals surface area contributed by atoms with E-state index in [0.29, 0.717) is 13.0 Å².